The molecule has 3 heteroatoms. The van der Waals surface area contributed by atoms with Crippen molar-refractivity contribution >= 4 is 5.97 Å². The summed E-state index contributed by atoms with van der Waals surface area (Å²) in [7, 11) is 1.72. The van der Waals surface area contributed by atoms with Crippen molar-refractivity contribution < 1.29 is 9.90 Å². The van der Waals surface area contributed by atoms with E-state index in [-0.39, 0.29) is 6.04 Å². The highest BCUT2D eigenvalue weighted by Crippen LogP contribution is 2.27. The molecule has 1 rings (SSSR count). The summed E-state index contributed by atoms with van der Waals surface area (Å²) in [6.07, 6.45) is 11.3. The Balaban J connectivity index is 2.03. The molecule has 2 N–H and O–H groups in total. The standard InChI is InChI=1S/C13H25NO2/c1-14-12(13(15)16)10-6-5-9-11-7-3-2-4-8-11/h11-12,14H,2-10H2,1H3,(H,15,16)/t12-/m0/s1. The number of unbranched alkanes of at least 4 members (excludes halogenated alkanes) is 1. The molecule has 0 aliphatic heterocycles. The highest BCUT2D eigenvalue weighted by atomic mass is 16.4. The van der Waals surface area contributed by atoms with Crippen molar-refractivity contribution in [3.8, 4) is 0 Å². The summed E-state index contributed by atoms with van der Waals surface area (Å²) < 4.78 is 0. The van der Waals surface area contributed by atoms with E-state index in [1.54, 1.807) is 7.05 Å². The fourth-order valence-electron chi connectivity index (χ4n) is 2.65. The highest BCUT2D eigenvalue weighted by Gasteiger charge is 2.15. The lowest BCUT2D eigenvalue weighted by Gasteiger charge is -2.21. The minimum absolute atomic E-state index is 0.355. The minimum atomic E-state index is -0.722. The molecule has 3 nitrogen and oxygen atoms in total. The van der Waals surface area contributed by atoms with E-state index in [1.165, 1.54) is 44.9 Å². The quantitative estimate of drug-likeness (QED) is 0.657. The number of nitrogens with one attached hydrogen (secondary N) is 1. The largest absolute Gasteiger partial charge is 0.480 e. The number of likely N-dealkylation sites (N-methyl/N-ethyl adjacent to an activating group) is 1. The van der Waals surface area contributed by atoms with E-state index >= 15 is 0 Å². The van der Waals surface area contributed by atoms with Gasteiger partial charge in [-0.2, -0.15) is 0 Å². The molecule has 1 saturated carbocycles. The van der Waals surface area contributed by atoms with Crippen LogP contribution in [0.4, 0.5) is 0 Å². The molecule has 0 heterocycles. The summed E-state index contributed by atoms with van der Waals surface area (Å²) in [4.78, 5) is 10.8. The van der Waals surface area contributed by atoms with E-state index in [0.29, 0.717) is 0 Å². The molecule has 0 amide bonds. The highest BCUT2D eigenvalue weighted by molar-refractivity contribution is 5.73. The second-order valence-electron chi connectivity index (χ2n) is 4.97. The maximum absolute atomic E-state index is 10.8. The summed E-state index contributed by atoms with van der Waals surface area (Å²) in [5.41, 5.74) is 0. The van der Waals surface area contributed by atoms with Crippen LogP contribution >= 0.6 is 0 Å². The van der Waals surface area contributed by atoms with Crippen molar-refractivity contribution in [3.63, 3.8) is 0 Å². The normalized spacial score (nSPS) is 19.6. The van der Waals surface area contributed by atoms with E-state index in [0.717, 1.165) is 18.8 Å². The smallest absolute Gasteiger partial charge is 0.320 e. The molecule has 94 valence electrons. The van der Waals surface area contributed by atoms with Crippen LogP contribution in [0.25, 0.3) is 0 Å². The molecular weight excluding hydrogens is 202 g/mol. The Labute approximate surface area is 98.6 Å². The second-order valence-corrected chi connectivity index (χ2v) is 4.97. The molecule has 16 heavy (non-hydrogen) atoms. The Morgan fingerprint density at radius 1 is 1.31 bits per heavy atom. The summed E-state index contributed by atoms with van der Waals surface area (Å²) in [6.45, 7) is 0. The number of carboxylic acid groups (broad SMARTS) is 1. The van der Waals surface area contributed by atoms with Gasteiger partial charge in [-0.15, -0.1) is 0 Å². The van der Waals surface area contributed by atoms with Gasteiger partial charge in [-0.3, -0.25) is 4.79 Å². The molecular formula is C13H25NO2. The first-order valence-electron chi connectivity index (χ1n) is 6.64. The lowest BCUT2D eigenvalue weighted by atomic mass is 9.85. The van der Waals surface area contributed by atoms with E-state index < -0.39 is 5.97 Å². The monoisotopic (exact) mass is 227 g/mol. The zero-order valence-electron chi connectivity index (χ0n) is 10.4. The van der Waals surface area contributed by atoms with Crippen LogP contribution in [-0.4, -0.2) is 24.2 Å². The second kappa shape index (κ2) is 7.66. The first-order valence-corrected chi connectivity index (χ1v) is 6.64. The van der Waals surface area contributed by atoms with Gasteiger partial charge in [-0.05, 0) is 19.4 Å². The van der Waals surface area contributed by atoms with Crippen LogP contribution in [0.3, 0.4) is 0 Å². The van der Waals surface area contributed by atoms with Gasteiger partial charge in [0.1, 0.15) is 6.04 Å². The number of rotatable bonds is 7. The van der Waals surface area contributed by atoms with E-state index in [4.69, 9.17) is 5.11 Å². The third-order valence-corrected chi connectivity index (χ3v) is 3.73. The zero-order valence-corrected chi connectivity index (χ0v) is 10.4. The van der Waals surface area contributed by atoms with E-state index in [2.05, 4.69) is 5.32 Å². The molecule has 1 fully saturated rings. The Kier molecular flexibility index (Phi) is 6.46. The van der Waals surface area contributed by atoms with Gasteiger partial charge in [-0.25, -0.2) is 0 Å². The van der Waals surface area contributed by atoms with Crippen molar-refractivity contribution in [2.45, 2.75) is 63.8 Å². The lowest BCUT2D eigenvalue weighted by Crippen LogP contribution is -2.33. The van der Waals surface area contributed by atoms with Crippen LogP contribution in [0.5, 0.6) is 0 Å². The number of hydrogen-bond acceptors (Lipinski definition) is 2. The number of carboxylic acids is 1. The van der Waals surface area contributed by atoms with Crippen molar-refractivity contribution in [1.82, 2.24) is 5.32 Å². The Hall–Kier alpha value is -0.570. The third kappa shape index (κ3) is 4.97. The van der Waals surface area contributed by atoms with Crippen LogP contribution in [0, 0.1) is 5.92 Å². The minimum Gasteiger partial charge on any atom is -0.480 e. The fourth-order valence-corrected chi connectivity index (χ4v) is 2.65. The molecule has 0 aromatic carbocycles. The predicted molar refractivity (Wildman–Crippen MR) is 65.5 cm³/mol. The van der Waals surface area contributed by atoms with Crippen LogP contribution in [0.1, 0.15) is 57.8 Å². The van der Waals surface area contributed by atoms with Crippen LogP contribution < -0.4 is 5.32 Å². The Bertz CT molecular complexity index is 200. The Morgan fingerprint density at radius 3 is 2.56 bits per heavy atom. The predicted octanol–water partition coefficient (Wildman–Crippen LogP) is 2.80. The molecule has 0 unspecified atom stereocenters. The number of aliphatic carboxylic acids is 1. The van der Waals surface area contributed by atoms with Gasteiger partial charge in [0.25, 0.3) is 0 Å². The molecule has 1 aliphatic rings. The van der Waals surface area contributed by atoms with E-state index in [9.17, 15) is 4.79 Å². The van der Waals surface area contributed by atoms with Gasteiger partial charge >= 0.3 is 5.97 Å². The SMILES string of the molecule is CN[C@@H](CCCCC1CCCCC1)C(=O)O. The summed E-state index contributed by atoms with van der Waals surface area (Å²) in [5, 5.41) is 11.7. The molecule has 0 aromatic rings. The Morgan fingerprint density at radius 2 is 2.00 bits per heavy atom. The van der Waals surface area contributed by atoms with Crippen LogP contribution in [-0.2, 0) is 4.79 Å². The lowest BCUT2D eigenvalue weighted by molar-refractivity contribution is -0.139. The van der Waals surface area contributed by atoms with Crippen LogP contribution in [0.15, 0.2) is 0 Å². The zero-order chi connectivity index (χ0) is 11.8. The van der Waals surface area contributed by atoms with Crippen molar-refractivity contribution in [2.75, 3.05) is 7.05 Å². The molecule has 0 spiro atoms. The number of carbonyl (C=O) groups is 1. The van der Waals surface area contributed by atoms with Gasteiger partial charge < -0.3 is 10.4 Å². The average molecular weight is 227 g/mol. The van der Waals surface area contributed by atoms with Gasteiger partial charge in [0.05, 0.1) is 0 Å². The topological polar surface area (TPSA) is 49.3 Å². The van der Waals surface area contributed by atoms with Gasteiger partial charge in [-0.1, -0.05) is 51.4 Å². The van der Waals surface area contributed by atoms with Crippen molar-refractivity contribution in [1.29, 1.82) is 0 Å². The molecule has 0 aromatic heterocycles. The van der Waals surface area contributed by atoms with Gasteiger partial charge in [0.15, 0.2) is 0 Å². The summed E-state index contributed by atoms with van der Waals surface area (Å²) >= 11 is 0. The molecule has 1 aliphatic carbocycles. The van der Waals surface area contributed by atoms with Crippen LogP contribution in [0.2, 0.25) is 0 Å². The maximum Gasteiger partial charge on any atom is 0.320 e. The first kappa shape index (κ1) is 13.5. The van der Waals surface area contributed by atoms with Gasteiger partial charge in [0, 0.05) is 0 Å². The molecule has 0 radical (unpaired) electrons. The maximum atomic E-state index is 10.8. The molecule has 0 bridgehead atoms. The summed E-state index contributed by atoms with van der Waals surface area (Å²) in [5.74, 6) is 0.201. The third-order valence-electron chi connectivity index (χ3n) is 3.73. The molecule has 1 atom stereocenters. The fraction of sp³-hybridized carbons (Fsp3) is 0.923. The summed E-state index contributed by atoms with van der Waals surface area (Å²) in [6, 6.07) is -0.355. The van der Waals surface area contributed by atoms with Crippen molar-refractivity contribution in [2.24, 2.45) is 5.92 Å². The molecule has 0 saturated heterocycles. The van der Waals surface area contributed by atoms with E-state index in [1.807, 2.05) is 0 Å². The van der Waals surface area contributed by atoms with Gasteiger partial charge in [0.2, 0.25) is 0 Å². The first-order chi connectivity index (χ1) is 7.74. The number of hydrogen-bond donors (Lipinski definition) is 2. The average Bonchev–Trinajstić information content (AvgIpc) is 2.30. The van der Waals surface area contributed by atoms with Crippen molar-refractivity contribution in [3.05, 3.63) is 0 Å².